The summed E-state index contributed by atoms with van der Waals surface area (Å²) in [7, 11) is 1.67. The van der Waals surface area contributed by atoms with Crippen molar-refractivity contribution in [2.24, 2.45) is 0 Å². The lowest BCUT2D eigenvalue weighted by atomic mass is 9.94. The standard InChI is InChI=1S/C27H24ClNO3/c1-17(19-7-5-8-22(14-19)32-2)29-16-18-12-20-6-3-4-9-23(20)24(13-18)21-10-11-26(28)25(15-21)27(30)31/h3-15,17,29H,16H2,1-2H3,(H,30,31). The van der Waals surface area contributed by atoms with Crippen molar-refractivity contribution in [3.63, 3.8) is 0 Å². The number of aromatic carboxylic acids is 1. The normalized spacial score (nSPS) is 12.0. The van der Waals surface area contributed by atoms with Crippen LogP contribution in [-0.2, 0) is 6.54 Å². The number of benzene rings is 4. The van der Waals surface area contributed by atoms with Gasteiger partial charge in [0.15, 0.2) is 0 Å². The van der Waals surface area contributed by atoms with Crippen LogP contribution in [0.2, 0.25) is 5.02 Å². The van der Waals surface area contributed by atoms with Gasteiger partial charge in [-0.15, -0.1) is 0 Å². The molecule has 5 heteroatoms. The highest BCUT2D eigenvalue weighted by molar-refractivity contribution is 6.33. The van der Waals surface area contributed by atoms with Crippen molar-refractivity contribution in [2.45, 2.75) is 19.5 Å². The maximum Gasteiger partial charge on any atom is 0.337 e. The number of hydrogen-bond acceptors (Lipinski definition) is 3. The third-order valence-corrected chi connectivity index (χ3v) is 5.97. The molecule has 0 saturated heterocycles. The Morgan fingerprint density at radius 1 is 1.03 bits per heavy atom. The molecule has 0 bridgehead atoms. The zero-order valence-electron chi connectivity index (χ0n) is 17.9. The summed E-state index contributed by atoms with van der Waals surface area (Å²) in [5, 5.41) is 15.5. The number of carboxylic acids is 1. The van der Waals surface area contributed by atoms with E-state index in [9.17, 15) is 9.90 Å². The van der Waals surface area contributed by atoms with Crippen molar-refractivity contribution in [3.05, 3.63) is 101 Å². The Hall–Kier alpha value is -3.34. The molecular formula is C27H24ClNO3. The van der Waals surface area contributed by atoms with Crippen LogP contribution >= 0.6 is 11.6 Å². The summed E-state index contributed by atoms with van der Waals surface area (Å²) in [6.45, 7) is 2.78. The van der Waals surface area contributed by atoms with Crippen LogP contribution in [0.4, 0.5) is 0 Å². The third-order valence-electron chi connectivity index (χ3n) is 5.64. The summed E-state index contributed by atoms with van der Waals surface area (Å²) < 4.78 is 5.34. The van der Waals surface area contributed by atoms with Crippen LogP contribution in [0.25, 0.3) is 21.9 Å². The number of fused-ring (bicyclic) bond motifs is 1. The minimum atomic E-state index is -1.04. The lowest BCUT2D eigenvalue weighted by Gasteiger charge is -2.17. The van der Waals surface area contributed by atoms with Gasteiger partial charge in [0.1, 0.15) is 5.75 Å². The zero-order chi connectivity index (χ0) is 22.7. The summed E-state index contributed by atoms with van der Waals surface area (Å²) in [4.78, 5) is 11.6. The number of hydrogen-bond donors (Lipinski definition) is 2. The molecule has 4 aromatic rings. The number of carboxylic acid groups (broad SMARTS) is 1. The van der Waals surface area contributed by atoms with E-state index in [1.54, 1.807) is 19.2 Å². The molecule has 2 N–H and O–H groups in total. The average molecular weight is 446 g/mol. The van der Waals surface area contributed by atoms with Crippen molar-refractivity contribution in [3.8, 4) is 16.9 Å². The third kappa shape index (κ3) is 4.62. The lowest BCUT2D eigenvalue weighted by Crippen LogP contribution is -2.18. The van der Waals surface area contributed by atoms with Crippen LogP contribution in [0, 0.1) is 0 Å². The van der Waals surface area contributed by atoms with Gasteiger partial charge in [0, 0.05) is 12.6 Å². The largest absolute Gasteiger partial charge is 0.497 e. The first-order valence-corrected chi connectivity index (χ1v) is 10.8. The highest BCUT2D eigenvalue weighted by Gasteiger charge is 2.13. The molecule has 1 unspecified atom stereocenters. The first kappa shape index (κ1) is 21.9. The van der Waals surface area contributed by atoms with Crippen LogP contribution in [-0.4, -0.2) is 18.2 Å². The predicted octanol–water partition coefficient (Wildman–Crippen LogP) is 6.72. The summed E-state index contributed by atoms with van der Waals surface area (Å²) in [6.07, 6.45) is 0. The number of nitrogens with one attached hydrogen (secondary N) is 1. The lowest BCUT2D eigenvalue weighted by molar-refractivity contribution is 0.0697. The van der Waals surface area contributed by atoms with Crippen molar-refractivity contribution < 1.29 is 14.6 Å². The molecule has 4 aromatic carbocycles. The predicted molar refractivity (Wildman–Crippen MR) is 130 cm³/mol. The number of methoxy groups -OCH3 is 1. The van der Waals surface area contributed by atoms with Crippen LogP contribution < -0.4 is 10.1 Å². The van der Waals surface area contributed by atoms with Gasteiger partial charge in [-0.25, -0.2) is 4.79 Å². The number of rotatable bonds is 7. The molecule has 0 aliphatic rings. The fourth-order valence-electron chi connectivity index (χ4n) is 3.87. The molecule has 32 heavy (non-hydrogen) atoms. The maximum absolute atomic E-state index is 11.6. The van der Waals surface area contributed by atoms with Gasteiger partial charge >= 0.3 is 5.97 Å². The van der Waals surface area contributed by atoms with E-state index in [1.807, 2.05) is 36.4 Å². The second-order valence-electron chi connectivity index (χ2n) is 7.74. The van der Waals surface area contributed by atoms with E-state index >= 15 is 0 Å². The molecule has 0 fully saturated rings. The molecule has 162 valence electrons. The quantitative estimate of drug-likeness (QED) is 0.331. The molecular weight excluding hydrogens is 422 g/mol. The monoisotopic (exact) mass is 445 g/mol. The van der Waals surface area contributed by atoms with E-state index in [0.717, 1.165) is 38.8 Å². The highest BCUT2D eigenvalue weighted by Crippen LogP contribution is 2.33. The Kier molecular flexibility index (Phi) is 6.45. The van der Waals surface area contributed by atoms with Crippen LogP contribution in [0.5, 0.6) is 5.75 Å². The van der Waals surface area contributed by atoms with E-state index in [2.05, 4.69) is 42.6 Å². The molecule has 0 saturated carbocycles. The number of ether oxygens (including phenoxy) is 1. The Balaban J connectivity index is 1.68. The van der Waals surface area contributed by atoms with E-state index in [0.29, 0.717) is 6.54 Å². The first-order chi connectivity index (χ1) is 15.5. The second kappa shape index (κ2) is 9.43. The first-order valence-electron chi connectivity index (χ1n) is 10.4. The van der Waals surface area contributed by atoms with Gasteiger partial charge in [-0.05, 0) is 76.3 Å². The van der Waals surface area contributed by atoms with Crippen molar-refractivity contribution in [1.29, 1.82) is 0 Å². The van der Waals surface area contributed by atoms with Gasteiger partial charge in [0.25, 0.3) is 0 Å². The second-order valence-corrected chi connectivity index (χ2v) is 8.15. The van der Waals surface area contributed by atoms with Gasteiger partial charge < -0.3 is 15.2 Å². The molecule has 0 spiro atoms. The SMILES string of the molecule is COc1cccc(C(C)NCc2cc(-c3ccc(Cl)c(C(=O)O)c3)c3ccccc3c2)c1. The summed E-state index contributed by atoms with van der Waals surface area (Å²) in [5.41, 5.74) is 4.16. The molecule has 0 aliphatic heterocycles. The minimum absolute atomic E-state index is 0.100. The van der Waals surface area contributed by atoms with Crippen molar-refractivity contribution in [2.75, 3.05) is 7.11 Å². The molecule has 0 aromatic heterocycles. The van der Waals surface area contributed by atoms with Gasteiger partial charge in [-0.2, -0.15) is 0 Å². The smallest absolute Gasteiger partial charge is 0.337 e. The number of halogens is 1. The molecule has 0 amide bonds. The maximum atomic E-state index is 11.6. The van der Waals surface area contributed by atoms with E-state index in [4.69, 9.17) is 16.3 Å². The molecule has 0 aliphatic carbocycles. The topological polar surface area (TPSA) is 58.6 Å². The molecule has 0 heterocycles. The zero-order valence-corrected chi connectivity index (χ0v) is 18.7. The van der Waals surface area contributed by atoms with E-state index in [1.165, 1.54) is 0 Å². The fourth-order valence-corrected chi connectivity index (χ4v) is 4.07. The minimum Gasteiger partial charge on any atom is -0.497 e. The molecule has 4 nitrogen and oxygen atoms in total. The van der Waals surface area contributed by atoms with Crippen molar-refractivity contribution in [1.82, 2.24) is 5.32 Å². The Bertz CT molecular complexity index is 1290. The Morgan fingerprint density at radius 3 is 2.62 bits per heavy atom. The van der Waals surface area contributed by atoms with Crippen molar-refractivity contribution >= 4 is 28.3 Å². The molecule has 0 radical (unpaired) electrons. The average Bonchev–Trinajstić information content (AvgIpc) is 2.82. The summed E-state index contributed by atoms with van der Waals surface area (Å²) >= 11 is 6.09. The van der Waals surface area contributed by atoms with Crippen LogP contribution in [0.15, 0.2) is 78.9 Å². The van der Waals surface area contributed by atoms with Gasteiger partial charge in [-0.1, -0.05) is 54.1 Å². The van der Waals surface area contributed by atoms with E-state index < -0.39 is 5.97 Å². The number of carbonyl (C=O) groups is 1. The molecule has 1 atom stereocenters. The molecule has 4 rings (SSSR count). The fraction of sp³-hybridized carbons (Fsp3) is 0.148. The highest BCUT2D eigenvalue weighted by atomic mass is 35.5. The van der Waals surface area contributed by atoms with Gasteiger partial charge in [-0.3, -0.25) is 0 Å². The van der Waals surface area contributed by atoms with Crippen LogP contribution in [0.1, 0.15) is 34.5 Å². The Morgan fingerprint density at radius 2 is 1.84 bits per heavy atom. The van der Waals surface area contributed by atoms with Gasteiger partial charge in [0.05, 0.1) is 17.7 Å². The summed E-state index contributed by atoms with van der Waals surface area (Å²) in [5.74, 6) is -0.202. The Labute approximate surface area is 192 Å². The van der Waals surface area contributed by atoms with Gasteiger partial charge in [0.2, 0.25) is 0 Å². The summed E-state index contributed by atoms with van der Waals surface area (Å²) in [6, 6.07) is 25.7. The van der Waals surface area contributed by atoms with E-state index in [-0.39, 0.29) is 16.6 Å². The van der Waals surface area contributed by atoms with Crippen LogP contribution in [0.3, 0.4) is 0 Å².